The van der Waals surface area contributed by atoms with Crippen LogP contribution in [0.4, 0.5) is 0 Å². The third-order valence-corrected chi connectivity index (χ3v) is 6.03. The predicted octanol–water partition coefficient (Wildman–Crippen LogP) is 0.873. The zero-order valence-corrected chi connectivity index (χ0v) is 15.0. The summed E-state index contributed by atoms with van der Waals surface area (Å²) in [5.74, 6) is 0. The van der Waals surface area contributed by atoms with Crippen LogP contribution in [-0.2, 0) is 6.54 Å². The molecule has 0 bridgehead atoms. The van der Waals surface area contributed by atoms with Crippen LogP contribution in [0.25, 0.3) is 4.96 Å². The van der Waals surface area contributed by atoms with E-state index in [-0.39, 0.29) is 5.56 Å². The highest BCUT2D eigenvalue weighted by molar-refractivity contribution is 7.15. The Morgan fingerprint density at radius 2 is 2.08 bits per heavy atom. The number of piperazine rings is 1. The van der Waals surface area contributed by atoms with E-state index in [2.05, 4.69) is 27.0 Å². The number of aromatic nitrogens is 2. The molecule has 2 saturated heterocycles. The minimum Gasteiger partial charge on any atom is -0.316 e. The molecule has 1 atom stereocenters. The second-order valence-electron chi connectivity index (χ2n) is 7.43. The van der Waals surface area contributed by atoms with Gasteiger partial charge in [-0.05, 0) is 18.4 Å². The van der Waals surface area contributed by atoms with E-state index in [1.54, 1.807) is 16.7 Å². The Morgan fingerprint density at radius 1 is 1.29 bits per heavy atom. The highest BCUT2D eigenvalue weighted by Gasteiger charge is 2.31. The lowest BCUT2D eigenvalue weighted by Crippen LogP contribution is -2.49. The number of hydrogen-bond acceptors (Lipinski definition) is 6. The van der Waals surface area contributed by atoms with Gasteiger partial charge in [-0.25, -0.2) is 4.98 Å². The molecule has 1 N–H and O–H groups in total. The maximum Gasteiger partial charge on any atom is 0.258 e. The first-order valence-electron chi connectivity index (χ1n) is 8.73. The molecule has 4 heterocycles. The summed E-state index contributed by atoms with van der Waals surface area (Å²) in [6.45, 7) is 11.0. The fourth-order valence-electron chi connectivity index (χ4n) is 3.85. The zero-order valence-electron chi connectivity index (χ0n) is 14.2. The average molecular weight is 347 g/mol. The Hall–Kier alpha value is -1.28. The molecular weight excluding hydrogens is 322 g/mol. The van der Waals surface area contributed by atoms with Gasteiger partial charge in [-0.15, -0.1) is 11.3 Å². The van der Waals surface area contributed by atoms with Crippen molar-refractivity contribution in [3.8, 4) is 0 Å². The average Bonchev–Trinajstić information content (AvgIpc) is 3.19. The molecule has 2 aliphatic rings. The maximum atomic E-state index is 12.1. The number of nitrogens with one attached hydrogen (secondary N) is 1. The molecule has 2 aliphatic heterocycles. The first-order valence-corrected chi connectivity index (χ1v) is 9.61. The van der Waals surface area contributed by atoms with Gasteiger partial charge in [0, 0.05) is 63.5 Å². The van der Waals surface area contributed by atoms with Crippen LogP contribution in [0.15, 0.2) is 22.4 Å². The highest BCUT2D eigenvalue weighted by Crippen LogP contribution is 2.26. The number of fused-ring (bicyclic) bond motifs is 1. The fraction of sp³-hybridized carbons (Fsp3) is 0.647. The summed E-state index contributed by atoms with van der Waals surface area (Å²) in [6.07, 6.45) is 3.07. The zero-order chi connectivity index (χ0) is 16.6. The molecule has 130 valence electrons. The first kappa shape index (κ1) is 16.2. The minimum absolute atomic E-state index is 0.0246. The summed E-state index contributed by atoms with van der Waals surface area (Å²) in [5.41, 5.74) is 1.35. The van der Waals surface area contributed by atoms with Crippen molar-refractivity contribution in [2.75, 3.05) is 45.8 Å². The standard InChI is InChI=1S/C17H25N5OS/c1-17(2-3-18-12-17)13-21-6-4-20(5-7-21)11-14-10-15(23)22-8-9-24-16(22)19-14/h8-10,18H,2-7,11-13H2,1H3. The van der Waals surface area contributed by atoms with Crippen LogP contribution in [-0.4, -0.2) is 65.0 Å². The molecule has 0 amide bonds. The Balaban J connectivity index is 1.34. The van der Waals surface area contributed by atoms with E-state index in [9.17, 15) is 4.79 Å². The molecule has 4 rings (SSSR count). The molecule has 2 aromatic heterocycles. The van der Waals surface area contributed by atoms with E-state index in [0.29, 0.717) is 5.41 Å². The van der Waals surface area contributed by atoms with Crippen molar-refractivity contribution in [3.05, 3.63) is 33.7 Å². The number of nitrogens with zero attached hydrogens (tertiary/aromatic N) is 4. The van der Waals surface area contributed by atoms with Crippen LogP contribution < -0.4 is 10.9 Å². The second-order valence-corrected chi connectivity index (χ2v) is 8.30. The summed E-state index contributed by atoms with van der Waals surface area (Å²) in [7, 11) is 0. The lowest BCUT2D eigenvalue weighted by atomic mass is 9.89. The predicted molar refractivity (Wildman–Crippen MR) is 96.6 cm³/mol. The van der Waals surface area contributed by atoms with Crippen molar-refractivity contribution in [1.82, 2.24) is 24.5 Å². The molecular formula is C17H25N5OS. The smallest absolute Gasteiger partial charge is 0.258 e. The van der Waals surface area contributed by atoms with Gasteiger partial charge >= 0.3 is 0 Å². The maximum absolute atomic E-state index is 12.1. The molecule has 0 spiro atoms. The molecule has 2 fully saturated rings. The van der Waals surface area contributed by atoms with Crippen molar-refractivity contribution in [3.63, 3.8) is 0 Å². The lowest BCUT2D eigenvalue weighted by Gasteiger charge is -2.38. The van der Waals surface area contributed by atoms with Crippen LogP contribution >= 0.6 is 11.3 Å². The van der Waals surface area contributed by atoms with Crippen LogP contribution in [0.3, 0.4) is 0 Å². The van der Waals surface area contributed by atoms with Crippen LogP contribution in [0.2, 0.25) is 0 Å². The monoisotopic (exact) mass is 347 g/mol. The van der Waals surface area contributed by atoms with Crippen molar-refractivity contribution < 1.29 is 0 Å². The SMILES string of the molecule is CC1(CN2CCN(Cc3cc(=O)n4ccsc4n3)CC2)CCNC1. The first-order chi connectivity index (χ1) is 11.6. The molecule has 1 unspecified atom stereocenters. The molecule has 7 heteroatoms. The lowest BCUT2D eigenvalue weighted by molar-refractivity contribution is 0.0926. The van der Waals surface area contributed by atoms with Crippen LogP contribution in [0.1, 0.15) is 19.0 Å². The van der Waals surface area contributed by atoms with Crippen molar-refractivity contribution >= 4 is 16.3 Å². The summed E-state index contributed by atoms with van der Waals surface area (Å²) in [5, 5.41) is 5.39. The topological polar surface area (TPSA) is 52.9 Å². The minimum atomic E-state index is 0.0246. The molecule has 0 radical (unpaired) electrons. The van der Waals surface area contributed by atoms with Gasteiger partial charge in [0.05, 0.1) is 5.69 Å². The van der Waals surface area contributed by atoms with E-state index in [1.807, 2.05) is 5.38 Å². The van der Waals surface area contributed by atoms with Crippen LogP contribution in [0.5, 0.6) is 0 Å². The Kier molecular flexibility index (Phi) is 4.42. The molecule has 0 saturated carbocycles. The summed E-state index contributed by atoms with van der Waals surface area (Å²) >= 11 is 1.51. The quantitative estimate of drug-likeness (QED) is 0.890. The normalized spacial score (nSPS) is 26.4. The van der Waals surface area contributed by atoms with Gasteiger partial charge in [-0.1, -0.05) is 6.92 Å². The fourth-order valence-corrected chi connectivity index (χ4v) is 4.59. The molecule has 0 aromatic carbocycles. The molecule has 24 heavy (non-hydrogen) atoms. The molecule has 2 aromatic rings. The van der Waals surface area contributed by atoms with Crippen molar-refractivity contribution in [2.45, 2.75) is 19.9 Å². The largest absolute Gasteiger partial charge is 0.316 e. The molecule has 6 nitrogen and oxygen atoms in total. The van der Waals surface area contributed by atoms with Gasteiger partial charge in [-0.3, -0.25) is 14.1 Å². The Bertz CT molecular complexity index is 756. The van der Waals surface area contributed by atoms with Gasteiger partial charge in [-0.2, -0.15) is 0 Å². The summed E-state index contributed by atoms with van der Waals surface area (Å²) in [6, 6.07) is 1.68. The third kappa shape index (κ3) is 3.39. The van der Waals surface area contributed by atoms with E-state index < -0.39 is 0 Å². The summed E-state index contributed by atoms with van der Waals surface area (Å²) < 4.78 is 1.61. The van der Waals surface area contributed by atoms with E-state index in [0.717, 1.165) is 56.5 Å². The second kappa shape index (κ2) is 6.55. The molecule has 0 aliphatic carbocycles. The van der Waals surface area contributed by atoms with Gasteiger partial charge in [0.15, 0.2) is 4.96 Å². The van der Waals surface area contributed by atoms with Crippen molar-refractivity contribution in [1.29, 1.82) is 0 Å². The van der Waals surface area contributed by atoms with Gasteiger partial charge in [0.1, 0.15) is 0 Å². The number of rotatable bonds is 4. The Labute approximate surface area is 146 Å². The van der Waals surface area contributed by atoms with E-state index in [1.165, 1.54) is 24.3 Å². The Morgan fingerprint density at radius 3 is 2.83 bits per heavy atom. The van der Waals surface area contributed by atoms with Gasteiger partial charge in [0.25, 0.3) is 5.56 Å². The van der Waals surface area contributed by atoms with E-state index >= 15 is 0 Å². The van der Waals surface area contributed by atoms with Gasteiger partial charge in [0.2, 0.25) is 0 Å². The van der Waals surface area contributed by atoms with Gasteiger partial charge < -0.3 is 10.2 Å². The third-order valence-electron chi connectivity index (χ3n) is 5.27. The van der Waals surface area contributed by atoms with Crippen molar-refractivity contribution in [2.24, 2.45) is 5.41 Å². The number of thiazole rings is 1. The van der Waals surface area contributed by atoms with E-state index in [4.69, 9.17) is 0 Å². The number of hydrogen-bond donors (Lipinski definition) is 1. The highest BCUT2D eigenvalue weighted by atomic mass is 32.1. The summed E-state index contributed by atoms with van der Waals surface area (Å²) in [4.78, 5) is 22.5. The van der Waals surface area contributed by atoms with Crippen LogP contribution in [0, 0.1) is 5.41 Å².